The van der Waals surface area contributed by atoms with Crippen LogP contribution in [0.25, 0.3) is 0 Å². The van der Waals surface area contributed by atoms with Gasteiger partial charge in [-0.2, -0.15) is 13.5 Å². The molecule has 1 atom stereocenters. The summed E-state index contributed by atoms with van der Waals surface area (Å²) in [5.41, 5.74) is 0.806. The highest BCUT2D eigenvalue weighted by Crippen LogP contribution is 2.16. The Kier molecular flexibility index (Phi) is 9.37. The first-order valence-corrected chi connectivity index (χ1v) is 7.06. The highest BCUT2D eigenvalue weighted by Gasteiger charge is 2.11. The molecule has 4 heteroatoms. The Bertz CT molecular complexity index is 303. The van der Waals surface area contributed by atoms with Crippen LogP contribution in [0.5, 0.6) is 0 Å². The fourth-order valence-corrected chi connectivity index (χ4v) is 2.29. The second kappa shape index (κ2) is 9.25. The standard InChI is InChI=1S/C12H14Br2O.H2S/c13-8-4-7-11(14)9-12(15)10-5-2-1-3-6-10;/h1-3,5-6,11H,4,7-9H2;1H2. The van der Waals surface area contributed by atoms with Crippen LogP contribution in [0, 0.1) is 0 Å². The molecule has 0 saturated heterocycles. The molecule has 0 saturated carbocycles. The number of Topliss-reactive ketones (excluding diaryl/α,β-unsaturated/α-hetero) is 1. The molecule has 0 spiro atoms. The molecule has 1 rings (SSSR count). The Labute approximate surface area is 121 Å². The Morgan fingerprint density at radius 1 is 1.25 bits per heavy atom. The van der Waals surface area contributed by atoms with E-state index in [2.05, 4.69) is 31.9 Å². The first kappa shape index (κ1) is 16.2. The zero-order chi connectivity index (χ0) is 11.1. The van der Waals surface area contributed by atoms with Crippen molar-refractivity contribution < 1.29 is 4.79 Å². The van der Waals surface area contributed by atoms with E-state index in [1.807, 2.05) is 30.3 Å². The van der Waals surface area contributed by atoms with E-state index < -0.39 is 0 Å². The summed E-state index contributed by atoms with van der Waals surface area (Å²) in [6, 6.07) is 9.45. The zero-order valence-corrected chi connectivity index (χ0v) is 13.1. The highest BCUT2D eigenvalue weighted by atomic mass is 79.9. The van der Waals surface area contributed by atoms with Crippen molar-refractivity contribution in [2.24, 2.45) is 0 Å². The van der Waals surface area contributed by atoms with Gasteiger partial charge in [0, 0.05) is 22.1 Å². The third-order valence-electron chi connectivity index (χ3n) is 2.15. The van der Waals surface area contributed by atoms with E-state index in [1.54, 1.807) is 0 Å². The molecule has 1 unspecified atom stereocenters. The van der Waals surface area contributed by atoms with Gasteiger partial charge in [0.05, 0.1) is 0 Å². The molecule has 0 aliphatic rings. The van der Waals surface area contributed by atoms with Gasteiger partial charge in [0.1, 0.15) is 0 Å². The van der Waals surface area contributed by atoms with Crippen LogP contribution in [0.2, 0.25) is 0 Å². The van der Waals surface area contributed by atoms with E-state index >= 15 is 0 Å². The Balaban J connectivity index is 0.00000225. The number of carbonyl (C=O) groups excluding carboxylic acids is 1. The molecule has 0 aliphatic carbocycles. The van der Waals surface area contributed by atoms with Gasteiger partial charge < -0.3 is 0 Å². The highest BCUT2D eigenvalue weighted by molar-refractivity contribution is 9.09. The fraction of sp³-hybridized carbons (Fsp3) is 0.417. The predicted octanol–water partition coefficient (Wildman–Crippen LogP) is 4.31. The quantitative estimate of drug-likeness (QED) is 0.540. The van der Waals surface area contributed by atoms with Crippen LogP contribution >= 0.6 is 45.4 Å². The number of halogens is 2. The minimum absolute atomic E-state index is 0. The average Bonchev–Trinajstić information content (AvgIpc) is 2.27. The van der Waals surface area contributed by atoms with E-state index in [-0.39, 0.29) is 19.3 Å². The van der Waals surface area contributed by atoms with Crippen molar-refractivity contribution in [2.45, 2.75) is 24.1 Å². The van der Waals surface area contributed by atoms with E-state index in [9.17, 15) is 4.79 Å². The largest absolute Gasteiger partial charge is 0.294 e. The summed E-state index contributed by atoms with van der Waals surface area (Å²) in [5, 5.41) is 0.995. The first-order valence-electron chi connectivity index (χ1n) is 5.02. The molecule has 0 amide bonds. The lowest BCUT2D eigenvalue weighted by molar-refractivity contribution is 0.0982. The number of benzene rings is 1. The molecule has 1 aromatic rings. The number of hydrogen-bond acceptors (Lipinski definition) is 1. The first-order chi connectivity index (χ1) is 7.24. The van der Waals surface area contributed by atoms with Crippen molar-refractivity contribution >= 4 is 51.1 Å². The number of hydrogen-bond donors (Lipinski definition) is 0. The van der Waals surface area contributed by atoms with Gasteiger partial charge >= 0.3 is 0 Å². The molecular weight excluding hydrogens is 352 g/mol. The lowest BCUT2D eigenvalue weighted by Gasteiger charge is -2.07. The normalized spacial score (nSPS) is 11.6. The van der Waals surface area contributed by atoms with Crippen LogP contribution in [0.3, 0.4) is 0 Å². The zero-order valence-electron chi connectivity index (χ0n) is 8.96. The van der Waals surface area contributed by atoms with Gasteiger partial charge in [-0.15, -0.1) is 0 Å². The average molecular weight is 368 g/mol. The molecular formula is C12H16Br2OS. The van der Waals surface area contributed by atoms with Crippen LogP contribution in [0.4, 0.5) is 0 Å². The van der Waals surface area contributed by atoms with Crippen LogP contribution < -0.4 is 0 Å². The van der Waals surface area contributed by atoms with Gasteiger partial charge in [0.15, 0.2) is 5.78 Å². The van der Waals surface area contributed by atoms with E-state index in [4.69, 9.17) is 0 Å². The maximum absolute atomic E-state index is 11.8. The van der Waals surface area contributed by atoms with Crippen molar-refractivity contribution in [3.05, 3.63) is 35.9 Å². The van der Waals surface area contributed by atoms with Gasteiger partial charge in [-0.05, 0) is 12.8 Å². The molecule has 0 aliphatic heterocycles. The minimum atomic E-state index is 0. The summed E-state index contributed by atoms with van der Waals surface area (Å²) in [5.74, 6) is 0.215. The van der Waals surface area contributed by atoms with Crippen LogP contribution in [-0.2, 0) is 0 Å². The lowest BCUT2D eigenvalue weighted by atomic mass is 10.1. The van der Waals surface area contributed by atoms with E-state index in [0.717, 1.165) is 23.7 Å². The van der Waals surface area contributed by atoms with Crippen molar-refractivity contribution in [3.8, 4) is 0 Å². The summed E-state index contributed by atoms with van der Waals surface area (Å²) >= 11 is 6.92. The van der Waals surface area contributed by atoms with Gasteiger partial charge in [0.25, 0.3) is 0 Å². The predicted molar refractivity (Wildman–Crippen MR) is 81.5 cm³/mol. The molecule has 0 fully saturated rings. The molecule has 0 radical (unpaired) electrons. The summed E-state index contributed by atoms with van der Waals surface area (Å²) in [6.07, 6.45) is 2.71. The summed E-state index contributed by atoms with van der Waals surface area (Å²) in [6.45, 7) is 0. The van der Waals surface area contributed by atoms with Crippen LogP contribution in [0.15, 0.2) is 30.3 Å². The number of ketones is 1. The molecule has 1 nitrogen and oxygen atoms in total. The molecule has 16 heavy (non-hydrogen) atoms. The van der Waals surface area contributed by atoms with Crippen molar-refractivity contribution in [3.63, 3.8) is 0 Å². The topological polar surface area (TPSA) is 17.1 Å². The van der Waals surface area contributed by atoms with E-state index in [0.29, 0.717) is 11.2 Å². The van der Waals surface area contributed by atoms with Gasteiger partial charge in [-0.1, -0.05) is 62.2 Å². The van der Waals surface area contributed by atoms with Crippen molar-refractivity contribution in [2.75, 3.05) is 5.33 Å². The van der Waals surface area contributed by atoms with Crippen LogP contribution in [-0.4, -0.2) is 15.9 Å². The molecule has 90 valence electrons. The smallest absolute Gasteiger partial charge is 0.163 e. The van der Waals surface area contributed by atoms with Crippen molar-refractivity contribution in [1.29, 1.82) is 0 Å². The SMILES string of the molecule is O=C(CC(Br)CCCBr)c1ccccc1.S. The molecule has 0 heterocycles. The summed E-state index contributed by atoms with van der Waals surface area (Å²) in [7, 11) is 0. The molecule has 0 N–H and O–H groups in total. The van der Waals surface area contributed by atoms with Crippen LogP contribution in [0.1, 0.15) is 29.6 Å². The molecule has 0 bridgehead atoms. The van der Waals surface area contributed by atoms with E-state index in [1.165, 1.54) is 0 Å². The minimum Gasteiger partial charge on any atom is -0.294 e. The summed E-state index contributed by atoms with van der Waals surface area (Å²) < 4.78 is 0. The van der Waals surface area contributed by atoms with Gasteiger partial charge in [0.2, 0.25) is 0 Å². The number of alkyl halides is 2. The van der Waals surface area contributed by atoms with Gasteiger partial charge in [-0.3, -0.25) is 4.79 Å². The Hall–Kier alpha value is 0.200. The third kappa shape index (κ3) is 6.06. The summed E-state index contributed by atoms with van der Waals surface area (Å²) in [4.78, 5) is 12.1. The van der Waals surface area contributed by atoms with Gasteiger partial charge in [-0.25, -0.2) is 0 Å². The maximum atomic E-state index is 11.8. The number of carbonyl (C=O) groups is 1. The lowest BCUT2D eigenvalue weighted by Crippen LogP contribution is -2.08. The monoisotopic (exact) mass is 366 g/mol. The second-order valence-corrected chi connectivity index (χ2v) is 5.51. The van der Waals surface area contributed by atoms with Crippen molar-refractivity contribution in [1.82, 2.24) is 0 Å². The molecule has 1 aromatic carbocycles. The maximum Gasteiger partial charge on any atom is 0.163 e. The molecule has 0 aromatic heterocycles. The third-order valence-corrected chi connectivity index (χ3v) is 3.50. The Morgan fingerprint density at radius 2 is 1.88 bits per heavy atom. The number of rotatable bonds is 6. The Morgan fingerprint density at radius 3 is 2.44 bits per heavy atom. The fourth-order valence-electron chi connectivity index (χ4n) is 1.34. The second-order valence-electron chi connectivity index (χ2n) is 3.42.